The first-order valence-electron chi connectivity index (χ1n) is 9.42. The van der Waals surface area contributed by atoms with E-state index in [1.54, 1.807) is 45.2 Å². The van der Waals surface area contributed by atoms with Crippen LogP contribution < -0.4 is 0 Å². The minimum absolute atomic E-state index is 0.116. The lowest BCUT2D eigenvalue weighted by molar-refractivity contribution is -0.142. The third kappa shape index (κ3) is 4.67. The van der Waals surface area contributed by atoms with Crippen molar-refractivity contribution >= 4 is 17.5 Å². The number of hydrogen-bond acceptors (Lipinski definition) is 3. The number of rotatable bonds is 5. The van der Waals surface area contributed by atoms with Crippen LogP contribution >= 0.6 is 0 Å². The van der Waals surface area contributed by atoms with Gasteiger partial charge in [0.25, 0.3) is 5.91 Å². The molecule has 0 spiro atoms. The summed E-state index contributed by atoms with van der Waals surface area (Å²) in [7, 11) is 1.58. The van der Waals surface area contributed by atoms with E-state index in [-0.39, 0.29) is 35.9 Å². The molecule has 0 saturated carbocycles. The molecule has 152 valence electrons. The summed E-state index contributed by atoms with van der Waals surface area (Å²) in [6.07, 6.45) is 0.408. The number of hydrazone groups is 1. The lowest BCUT2D eigenvalue weighted by Crippen LogP contribution is -2.40. The number of carbonyl (C=O) groups is 2. The summed E-state index contributed by atoms with van der Waals surface area (Å²) in [4.78, 5) is 26.5. The van der Waals surface area contributed by atoms with Crippen LogP contribution in [0.2, 0.25) is 0 Å². The van der Waals surface area contributed by atoms with Gasteiger partial charge in [0.05, 0.1) is 11.8 Å². The van der Waals surface area contributed by atoms with E-state index in [0.717, 1.165) is 5.56 Å². The molecule has 2 aromatic rings. The van der Waals surface area contributed by atoms with Gasteiger partial charge in [0, 0.05) is 19.4 Å². The van der Waals surface area contributed by atoms with Crippen molar-refractivity contribution < 1.29 is 18.4 Å². The predicted octanol–water partition coefficient (Wildman–Crippen LogP) is 3.76. The van der Waals surface area contributed by atoms with E-state index in [2.05, 4.69) is 5.10 Å². The van der Waals surface area contributed by atoms with Gasteiger partial charge in [0.1, 0.15) is 18.2 Å². The summed E-state index contributed by atoms with van der Waals surface area (Å²) in [6.45, 7) is 3.42. The standard InChI is InChI=1S/C22H23F2N3O2/c1-14(2)22(29)26(3)13-21(28)27-20(16-6-10-18(24)11-7-16)12-19(25-27)15-4-8-17(23)9-5-15/h4-11,14,20H,12-13H2,1-3H3. The normalized spacial score (nSPS) is 16.1. The van der Waals surface area contributed by atoms with Crippen molar-refractivity contribution in [3.05, 3.63) is 71.3 Å². The molecule has 0 aromatic heterocycles. The van der Waals surface area contributed by atoms with Crippen molar-refractivity contribution in [3.8, 4) is 0 Å². The molecule has 3 rings (SSSR count). The summed E-state index contributed by atoms with van der Waals surface area (Å²) in [6, 6.07) is 11.4. The molecule has 2 aromatic carbocycles. The fraction of sp³-hybridized carbons (Fsp3) is 0.318. The van der Waals surface area contributed by atoms with E-state index in [1.807, 2.05) is 0 Å². The SMILES string of the molecule is CC(C)C(=O)N(C)CC(=O)N1N=C(c2ccc(F)cc2)CC1c1ccc(F)cc1. The minimum Gasteiger partial charge on any atom is -0.336 e. The molecule has 2 amide bonds. The maximum atomic E-state index is 13.4. The van der Waals surface area contributed by atoms with E-state index >= 15 is 0 Å². The molecule has 1 atom stereocenters. The van der Waals surface area contributed by atoms with Crippen molar-refractivity contribution in [1.82, 2.24) is 9.91 Å². The Morgan fingerprint density at radius 1 is 1.07 bits per heavy atom. The number of carbonyl (C=O) groups excluding carboxylic acids is 2. The Morgan fingerprint density at radius 3 is 2.17 bits per heavy atom. The van der Waals surface area contributed by atoms with E-state index in [9.17, 15) is 18.4 Å². The summed E-state index contributed by atoms with van der Waals surface area (Å²) in [5, 5.41) is 5.81. The molecular formula is C22H23F2N3O2. The Morgan fingerprint density at radius 2 is 1.62 bits per heavy atom. The maximum Gasteiger partial charge on any atom is 0.262 e. The third-order valence-electron chi connectivity index (χ3n) is 4.84. The summed E-state index contributed by atoms with van der Waals surface area (Å²) in [5.74, 6) is -1.43. The summed E-state index contributed by atoms with van der Waals surface area (Å²) in [5.41, 5.74) is 2.07. The van der Waals surface area contributed by atoms with E-state index in [4.69, 9.17) is 0 Å². The first-order valence-corrected chi connectivity index (χ1v) is 9.42. The molecule has 0 saturated heterocycles. The minimum atomic E-state index is -0.425. The summed E-state index contributed by atoms with van der Waals surface area (Å²) >= 11 is 0. The highest BCUT2D eigenvalue weighted by Gasteiger charge is 2.34. The van der Waals surface area contributed by atoms with Crippen molar-refractivity contribution in [3.63, 3.8) is 0 Å². The Hall–Kier alpha value is -3.09. The zero-order valence-corrected chi connectivity index (χ0v) is 16.6. The van der Waals surface area contributed by atoms with Gasteiger partial charge in [-0.25, -0.2) is 13.8 Å². The monoisotopic (exact) mass is 399 g/mol. The Labute approximate surface area is 168 Å². The van der Waals surface area contributed by atoms with Gasteiger partial charge in [-0.05, 0) is 35.4 Å². The molecule has 1 aliphatic heterocycles. The zero-order valence-electron chi connectivity index (χ0n) is 16.6. The van der Waals surface area contributed by atoms with Gasteiger partial charge in [0.2, 0.25) is 5.91 Å². The highest BCUT2D eigenvalue weighted by atomic mass is 19.1. The van der Waals surface area contributed by atoms with Crippen LogP contribution in [0.15, 0.2) is 53.6 Å². The lowest BCUT2D eigenvalue weighted by Gasteiger charge is -2.25. The number of likely N-dealkylation sites (N-methyl/N-ethyl adjacent to an activating group) is 1. The number of nitrogens with zero attached hydrogens (tertiary/aromatic N) is 3. The molecular weight excluding hydrogens is 376 g/mol. The number of halogens is 2. The zero-order chi connectivity index (χ0) is 21.1. The number of amides is 2. The average Bonchev–Trinajstić information content (AvgIpc) is 3.13. The third-order valence-corrected chi connectivity index (χ3v) is 4.84. The molecule has 0 bridgehead atoms. The van der Waals surface area contributed by atoms with Gasteiger partial charge in [-0.1, -0.05) is 38.1 Å². The topological polar surface area (TPSA) is 53.0 Å². The van der Waals surface area contributed by atoms with E-state index in [0.29, 0.717) is 17.7 Å². The van der Waals surface area contributed by atoms with E-state index < -0.39 is 6.04 Å². The average molecular weight is 399 g/mol. The Bertz CT molecular complexity index is 924. The number of benzene rings is 2. The molecule has 7 heteroatoms. The molecule has 1 aliphatic rings. The summed E-state index contributed by atoms with van der Waals surface area (Å²) < 4.78 is 26.6. The quantitative estimate of drug-likeness (QED) is 0.769. The van der Waals surface area contributed by atoms with Crippen LogP contribution in [0.25, 0.3) is 0 Å². The smallest absolute Gasteiger partial charge is 0.262 e. The fourth-order valence-electron chi connectivity index (χ4n) is 3.30. The van der Waals surface area contributed by atoms with Crippen LogP contribution in [0.5, 0.6) is 0 Å². The van der Waals surface area contributed by atoms with Gasteiger partial charge in [0.15, 0.2) is 0 Å². The van der Waals surface area contributed by atoms with Gasteiger partial charge in [-0.2, -0.15) is 5.10 Å². The second-order valence-corrected chi connectivity index (χ2v) is 7.41. The van der Waals surface area contributed by atoms with Crippen molar-refractivity contribution in [1.29, 1.82) is 0 Å². The van der Waals surface area contributed by atoms with Crippen LogP contribution in [0.4, 0.5) is 8.78 Å². The highest BCUT2D eigenvalue weighted by Crippen LogP contribution is 2.33. The lowest BCUT2D eigenvalue weighted by atomic mass is 9.98. The largest absolute Gasteiger partial charge is 0.336 e. The molecule has 29 heavy (non-hydrogen) atoms. The van der Waals surface area contributed by atoms with Gasteiger partial charge in [-0.15, -0.1) is 0 Å². The van der Waals surface area contributed by atoms with Gasteiger partial charge >= 0.3 is 0 Å². The predicted molar refractivity (Wildman–Crippen MR) is 106 cm³/mol. The van der Waals surface area contributed by atoms with Gasteiger partial charge in [-0.3, -0.25) is 9.59 Å². The van der Waals surface area contributed by atoms with Crippen LogP contribution in [0.3, 0.4) is 0 Å². The molecule has 0 fully saturated rings. The van der Waals surface area contributed by atoms with Crippen LogP contribution in [-0.4, -0.2) is 41.0 Å². The van der Waals surface area contributed by atoms with E-state index in [1.165, 1.54) is 34.2 Å². The molecule has 0 radical (unpaired) electrons. The first-order chi connectivity index (χ1) is 13.8. The Kier molecular flexibility index (Phi) is 6.06. The second kappa shape index (κ2) is 8.51. The molecule has 0 aliphatic carbocycles. The van der Waals surface area contributed by atoms with Gasteiger partial charge < -0.3 is 4.90 Å². The molecule has 0 N–H and O–H groups in total. The molecule has 5 nitrogen and oxygen atoms in total. The van der Waals surface area contributed by atoms with Crippen molar-refractivity contribution in [2.75, 3.05) is 13.6 Å². The van der Waals surface area contributed by atoms with Crippen LogP contribution in [-0.2, 0) is 9.59 Å². The first kappa shape index (κ1) is 20.6. The Balaban J connectivity index is 1.89. The maximum absolute atomic E-state index is 13.4. The molecule has 1 unspecified atom stereocenters. The second-order valence-electron chi connectivity index (χ2n) is 7.41. The van der Waals surface area contributed by atoms with Crippen LogP contribution in [0, 0.1) is 17.6 Å². The van der Waals surface area contributed by atoms with Crippen LogP contribution in [0.1, 0.15) is 37.4 Å². The number of hydrogen-bond donors (Lipinski definition) is 0. The molecule has 1 heterocycles. The van der Waals surface area contributed by atoms with Crippen molar-refractivity contribution in [2.24, 2.45) is 11.0 Å². The highest BCUT2D eigenvalue weighted by molar-refractivity contribution is 6.03. The fourth-order valence-corrected chi connectivity index (χ4v) is 3.30. The van der Waals surface area contributed by atoms with Crippen molar-refractivity contribution in [2.45, 2.75) is 26.3 Å².